The fourth-order valence-electron chi connectivity index (χ4n) is 5.34. The van der Waals surface area contributed by atoms with Gasteiger partial charge < -0.3 is 25.2 Å². The lowest BCUT2D eigenvalue weighted by Crippen LogP contribution is -2.34. The second-order valence-electron chi connectivity index (χ2n) is 13.4. The van der Waals surface area contributed by atoms with E-state index in [1.165, 1.54) is 103 Å². The molecule has 4 N–H and O–H groups in total. The lowest BCUT2D eigenvalue weighted by Gasteiger charge is -2.20. The van der Waals surface area contributed by atoms with E-state index in [-0.39, 0.29) is 13.0 Å². The highest BCUT2D eigenvalue weighted by Crippen LogP contribution is 2.43. The molecule has 0 heterocycles. The van der Waals surface area contributed by atoms with Crippen molar-refractivity contribution >= 4 is 19.8 Å². The molecule has 3 unspecified atom stereocenters. The van der Waals surface area contributed by atoms with E-state index < -0.39 is 45.1 Å². The maximum Gasteiger partial charge on any atom is 0.472 e. The van der Waals surface area contributed by atoms with Gasteiger partial charge in [0.1, 0.15) is 12.1 Å². The fourth-order valence-corrected chi connectivity index (χ4v) is 6.12. The Morgan fingerprint density at radius 3 is 1.66 bits per heavy atom. The number of allylic oxidation sites excluding steroid dienone is 4. The molecule has 0 rings (SSSR count). The van der Waals surface area contributed by atoms with Gasteiger partial charge in [-0.3, -0.25) is 18.6 Å². The predicted octanol–water partition coefficient (Wildman–Crippen LogP) is 10.4. The van der Waals surface area contributed by atoms with Crippen LogP contribution >= 0.6 is 7.82 Å². The van der Waals surface area contributed by atoms with Gasteiger partial charge >= 0.3 is 19.8 Å². The first-order valence-electron chi connectivity index (χ1n) is 19.9. The molecule has 0 spiro atoms. The summed E-state index contributed by atoms with van der Waals surface area (Å²) in [5.41, 5.74) is 5.33. The van der Waals surface area contributed by atoms with E-state index in [4.69, 9.17) is 24.8 Å². The highest BCUT2D eigenvalue weighted by atomic mass is 31.2. The zero-order chi connectivity index (χ0) is 37.0. The predicted molar refractivity (Wildman–Crippen MR) is 203 cm³/mol. The highest BCUT2D eigenvalue weighted by molar-refractivity contribution is 7.47. The van der Waals surface area contributed by atoms with Gasteiger partial charge in [-0.2, -0.15) is 0 Å². The van der Waals surface area contributed by atoms with E-state index in [0.717, 1.165) is 44.9 Å². The second kappa shape index (κ2) is 35.8. The Balaban J connectivity index is 4.14. The smallest absolute Gasteiger partial charge is 0.472 e. The van der Waals surface area contributed by atoms with E-state index in [1.54, 1.807) is 0 Å². The minimum Gasteiger partial charge on any atom is -0.480 e. The summed E-state index contributed by atoms with van der Waals surface area (Å²) in [5.74, 6) is -1.78. The Kier molecular flexibility index (Phi) is 34.7. The van der Waals surface area contributed by atoms with Crippen molar-refractivity contribution in [3.8, 4) is 0 Å². The molecule has 0 bridgehead atoms. The first-order chi connectivity index (χ1) is 24.2. The zero-order valence-electron chi connectivity index (χ0n) is 31.7. The summed E-state index contributed by atoms with van der Waals surface area (Å²) in [5, 5.41) is 8.85. The Bertz CT molecular complexity index is 899. The second-order valence-corrected chi connectivity index (χ2v) is 14.9. The zero-order valence-corrected chi connectivity index (χ0v) is 32.6. The van der Waals surface area contributed by atoms with Crippen molar-refractivity contribution in [2.75, 3.05) is 26.4 Å². The molecule has 0 amide bonds. The number of carboxylic acids is 1. The number of carbonyl (C=O) groups is 2. The van der Waals surface area contributed by atoms with Gasteiger partial charge in [0.25, 0.3) is 0 Å². The standard InChI is InChI=1S/C39H74NO9P/c1-3-5-7-9-11-13-14-15-16-17-18-19-20-21-22-23-24-26-28-30-32-46-33-36(34-47-50(44,45)48-35-37(40)39(42)43)49-38(41)31-29-27-25-12-10-8-6-4-2/h11,13,15-16,36-37H,3-10,12,14,17-35,40H2,1-2H3,(H,42,43)(H,44,45)/b13-11-,16-15-. The van der Waals surface area contributed by atoms with Crippen LogP contribution in [0.15, 0.2) is 24.3 Å². The van der Waals surface area contributed by atoms with Crippen molar-refractivity contribution < 1.29 is 42.7 Å². The van der Waals surface area contributed by atoms with Crippen LogP contribution in [0.4, 0.5) is 0 Å². The number of rotatable bonds is 38. The average molecular weight is 732 g/mol. The molecule has 294 valence electrons. The normalized spacial score (nSPS) is 14.3. The van der Waals surface area contributed by atoms with Gasteiger partial charge in [0.15, 0.2) is 0 Å². The van der Waals surface area contributed by atoms with Gasteiger partial charge in [0.2, 0.25) is 0 Å². The summed E-state index contributed by atoms with van der Waals surface area (Å²) in [6.07, 6.45) is 36.7. The van der Waals surface area contributed by atoms with E-state index in [1.807, 2.05) is 0 Å². The Hall–Kier alpha value is -1.55. The molecule has 0 aliphatic heterocycles. The summed E-state index contributed by atoms with van der Waals surface area (Å²) in [6, 6.07) is -1.47. The van der Waals surface area contributed by atoms with Crippen molar-refractivity contribution in [3.05, 3.63) is 24.3 Å². The third-order valence-corrected chi connectivity index (χ3v) is 9.43. The monoisotopic (exact) mass is 732 g/mol. The highest BCUT2D eigenvalue weighted by Gasteiger charge is 2.27. The molecular weight excluding hydrogens is 657 g/mol. The largest absolute Gasteiger partial charge is 0.480 e. The number of ether oxygens (including phenoxy) is 2. The number of aliphatic carboxylic acids is 1. The molecule has 0 radical (unpaired) electrons. The SMILES string of the molecule is CCCCC/C=C\C/C=C\CCCCCCCCCCCCOCC(COP(=O)(O)OCC(N)C(=O)O)OC(=O)CCCCCCCCCC. The number of hydrogen-bond donors (Lipinski definition) is 3. The van der Waals surface area contributed by atoms with Crippen molar-refractivity contribution in [1.82, 2.24) is 0 Å². The van der Waals surface area contributed by atoms with Crippen LogP contribution in [-0.2, 0) is 32.7 Å². The molecule has 0 saturated carbocycles. The van der Waals surface area contributed by atoms with E-state index in [9.17, 15) is 19.0 Å². The van der Waals surface area contributed by atoms with E-state index in [0.29, 0.717) is 13.0 Å². The van der Waals surface area contributed by atoms with E-state index >= 15 is 0 Å². The van der Waals surface area contributed by atoms with Gasteiger partial charge in [0.05, 0.1) is 19.8 Å². The third kappa shape index (κ3) is 34.9. The summed E-state index contributed by atoms with van der Waals surface area (Å²) in [4.78, 5) is 33.3. The molecular formula is C39H74NO9P. The average Bonchev–Trinajstić information content (AvgIpc) is 3.09. The number of phosphoric ester groups is 1. The van der Waals surface area contributed by atoms with Gasteiger partial charge in [-0.1, -0.05) is 147 Å². The molecule has 0 fully saturated rings. The minimum absolute atomic E-state index is 0.0176. The maximum atomic E-state index is 12.5. The molecule has 0 saturated heterocycles. The van der Waals surface area contributed by atoms with Crippen LogP contribution in [0, 0.1) is 0 Å². The van der Waals surface area contributed by atoms with Crippen LogP contribution in [0.25, 0.3) is 0 Å². The molecule has 11 heteroatoms. The van der Waals surface area contributed by atoms with Crippen molar-refractivity contribution in [2.45, 2.75) is 187 Å². The van der Waals surface area contributed by atoms with Crippen molar-refractivity contribution in [2.24, 2.45) is 5.73 Å². The number of esters is 1. The number of carbonyl (C=O) groups excluding carboxylic acids is 1. The number of phosphoric acid groups is 1. The molecule has 3 atom stereocenters. The first kappa shape index (κ1) is 48.5. The van der Waals surface area contributed by atoms with E-state index in [2.05, 4.69) is 42.7 Å². The number of nitrogens with two attached hydrogens (primary N) is 1. The fraction of sp³-hybridized carbons (Fsp3) is 0.846. The number of unbranched alkanes of at least 4 members (excludes halogenated alkanes) is 20. The molecule has 0 aromatic rings. The van der Waals surface area contributed by atoms with Gasteiger partial charge in [-0.05, 0) is 44.9 Å². The Labute approximate surface area is 304 Å². The molecule has 0 aromatic heterocycles. The molecule has 10 nitrogen and oxygen atoms in total. The van der Waals surface area contributed by atoms with Gasteiger partial charge in [-0.15, -0.1) is 0 Å². The summed E-state index contributed by atoms with van der Waals surface area (Å²) >= 11 is 0. The topological polar surface area (TPSA) is 155 Å². The minimum atomic E-state index is -4.60. The molecule has 0 aliphatic rings. The van der Waals surface area contributed by atoms with Crippen LogP contribution in [0.5, 0.6) is 0 Å². The third-order valence-electron chi connectivity index (χ3n) is 8.48. The quantitative estimate of drug-likeness (QED) is 0.0242. The lowest BCUT2D eigenvalue weighted by molar-refractivity contribution is -0.154. The maximum absolute atomic E-state index is 12.5. The van der Waals surface area contributed by atoms with Crippen LogP contribution in [-0.4, -0.2) is 60.5 Å². The summed E-state index contributed by atoms with van der Waals surface area (Å²) in [7, 11) is -4.60. The van der Waals surface area contributed by atoms with Crippen molar-refractivity contribution in [1.29, 1.82) is 0 Å². The van der Waals surface area contributed by atoms with Gasteiger partial charge in [-0.25, -0.2) is 4.57 Å². The van der Waals surface area contributed by atoms with Crippen LogP contribution in [0.3, 0.4) is 0 Å². The lowest BCUT2D eigenvalue weighted by atomic mass is 10.1. The van der Waals surface area contributed by atoms with Gasteiger partial charge in [0, 0.05) is 13.0 Å². The Morgan fingerprint density at radius 1 is 0.640 bits per heavy atom. The van der Waals surface area contributed by atoms with Crippen LogP contribution in [0.2, 0.25) is 0 Å². The van der Waals surface area contributed by atoms with Crippen LogP contribution in [0.1, 0.15) is 174 Å². The number of hydrogen-bond acceptors (Lipinski definition) is 8. The van der Waals surface area contributed by atoms with Crippen LogP contribution < -0.4 is 5.73 Å². The summed E-state index contributed by atoms with van der Waals surface area (Å²) in [6.45, 7) is 3.81. The molecule has 50 heavy (non-hydrogen) atoms. The first-order valence-corrected chi connectivity index (χ1v) is 21.4. The molecule has 0 aliphatic carbocycles. The summed E-state index contributed by atoms with van der Waals surface area (Å²) < 4.78 is 33.2. The molecule has 0 aromatic carbocycles. The number of carboxylic acid groups (broad SMARTS) is 1. The Morgan fingerprint density at radius 2 is 1.10 bits per heavy atom. The van der Waals surface area contributed by atoms with Crippen molar-refractivity contribution in [3.63, 3.8) is 0 Å².